The van der Waals surface area contributed by atoms with Crippen molar-refractivity contribution in [3.8, 4) is 17.0 Å². The number of ether oxygens (including phenoxy) is 1. The van der Waals surface area contributed by atoms with Crippen LogP contribution in [-0.2, 0) is 11.2 Å². The summed E-state index contributed by atoms with van der Waals surface area (Å²) in [5, 5.41) is 8.46. The average molecular weight is 448 g/mol. The molecule has 6 nitrogen and oxygen atoms in total. The van der Waals surface area contributed by atoms with Crippen LogP contribution in [0.15, 0.2) is 35.7 Å². The normalized spacial score (nSPS) is 12.9. The minimum Gasteiger partial charge on any atom is -0.494 e. The standard InChI is InChI=1S/C20H15Cl2N3O3S/c1-28-18-13(21)7-12(8-14(18)22)19(27)25-20-24-16(9-29-20)11-2-4-15-10(6-11)3-5-17(26)23-15/h2,4,6-9H,3,5H2,1H3,(H,23,26)(H,24,25,27). The van der Waals surface area contributed by atoms with E-state index in [0.29, 0.717) is 29.3 Å². The first kappa shape index (κ1) is 19.7. The lowest BCUT2D eigenvalue weighted by Crippen LogP contribution is -2.18. The fourth-order valence-corrected chi connectivity index (χ4v) is 4.42. The van der Waals surface area contributed by atoms with Crippen LogP contribution in [-0.4, -0.2) is 23.9 Å². The van der Waals surface area contributed by atoms with E-state index >= 15 is 0 Å². The van der Waals surface area contributed by atoms with Crippen LogP contribution in [0.1, 0.15) is 22.3 Å². The summed E-state index contributed by atoms with van der Waals surface area (Å²) in [5.74, 6) is -0.0156. The largest absolute Gasteiger partial charge is 0.494 e. The number of hydrogen-bond donors (Lipinski definition) is 2. The first-order valence-corrected chi connectivity index (χ1v) is 10.3. The maximum absolute atomic E-state index is 12.5. The smallest absolute Gasteiger partial charge is 0.257 e. The summed E-state index contributed by atoms with van der Waals surface area (Å²) in [7, 11) is 1.46. The monoisotopic (exact) mass is 447 g/mol. The number of carbonyl (C=O) groups is 2. The first-order valence-electron chi connectivity index (χ1n) is 8.67. The molecule has 0 aliphatic carbocycles. The fraction of sp³-hybridized carbons (Fsp3) is 0.150. The van der Waals surface area contributed by atoms with Gasteiger partial charge in [0.15, 0.2) is 10.9 Å². The number of aryl methyl sites for hydroxylation is 1. The van der Waals surface area contributed by atoms with Gasteiger partial charge in [0.05, 0.1) is 22.8 Å². The molecule has 0 radical (unpaired) electrons. The van der Waals surface area contributed by atoms with Crippen LogP contribution in [0.5, 0.6) is 5.75 Å². The Morgan fingerprint density at radius 1 is 1.21 bits per heavy atom. The number of anilines is 2. The third-order valence-electron chi connectivity index (χ3n) is 4.49. The van der Waals surface area contributed by atoms with Gasteiger partial charge in [0.1, 0.15) is 0 Å². The number of amides is 2. The van der Waals surface area contributed by atoms with Gasteiger partial charge < -0.3 is 10.1 Å². The molecular formula is C20H15Cl2N3O3S. The van der Waals surface area contributed by atoms with Crippen LogP contribution in [0.2, 0.25) is 10.0 Å². The second-order valence-corrected chi connectivity index (χ2v) is 8.06. The van der Waals surface area contributed by atoms with Crippen LogP contribution >= 0.6 is 34.5 Å². The molecule has 0 fully saturated rings. The number of benzene rings is 2. The van der Waals surface area contributed by atoms with Gasteiger partial charge in [-0.2, -0.15) is 0 Å². The second-order valence-electron chi connectivity index (χ2n) is 6.39. The molecule has 0 spiro atoms. The van der Waals surface area contributed by atoms with Crippen LogP contribution in [0, 0.1) is 0 Å². The Morgan fingerprint density at radius 2 is 1.97 bits per heavy atom. The molecule has 0 unspecified atom stereocenters. The van der Waals surface area contributed by atoms with Gasteiger partial charge in [-0.05, 0) is 36.2 Å². The van der Waals surface area contributed by atoms with Gasteiger partial charge in [-0.1, -0.05) is 29.3 Å². The number of carbonyl (C=O) groups excluding carboxylic acids is 2. The molecule has 9 heteroatoms. The molecule has 1 aromatic heterocycles. The molecule has 0 atom stereocenters. The van der Waals surface area contributed by atoms with Crippen LogP contribution in [0.3, 0.4) is 0 Å². The molecule has 4 rings (SSSR count). The lowest BCUT2D eigenvalue weighted by atomic mass is 9.99. The third-order valence-corrected chi connectivity index (χ3v) is 5.80. The number of halogens is 2. The summed E-state index contributed by atoms with van der Waals surface area (Å²) in [4.78, 5) is 28.5. The Bertz CT molecular complexity index is 1110. The van der Waals surface area contributed by atoms with Crippen molar-refractivity contribution >= 4 is 57.2 Å². The maximum Gasteiger partial charge on any atom is 0.257 e. The molecule has 2 heterocycles. The second kappa shape index (κ2) is 8.02. The minimum atomic E-state index is -0.370. The highest BCUT2D eigenvalue weighted by Crippen LogP contribution is 2.34. The molecule has 2 aromatic carbocycles. The van der Waals surface area contributed by atoms with Crippen molar-refractivity contribution in [1.82, 2.24) is 4.98 Å². The Hall–Kier alpha value is -2.61. The molecule has 1 aliphatic rings. The van der Waals surface area contributed by atoms with Crippen molar-refractivity contribution in [2.75, 3.05) is 17.7 Å². The molecule has 148 valence electrons. The molecular weight excluding hydrogens is 433 g/mol. The van der Waals surface area contributed by atoms with E-state index in [-0.39, 0.29) is 21.9 Å². The highest BCUT2D eigenvalue weighted by molar-refractivity contribution is 7.14. The first-order chi connectivity index (χ1) is 13.9. The van der Waals surface area contributed by atoms with E-state index in [4.69, 9.17) is 27.9 Å². The van der Waals surface area contributed by atoms with E-state index in [2.05, 4.69) is 15.6 Å². The number of nitrogens with zero attached hydrogens (tertiary/aromatic N) is 1. The van der Waals surface area contributed by atoms with Crippen molar-refractivity contribution in [3.05, 3.63) is 56.9 Å². The molecule has 0 bridgehead atoms. The summed E-state index contributed by atoms with van der Waals surface area (Å²) in [6, 6.07) is 8.77. The Labute approximate surface area is 180 Å². The molecule has 29 heavy (non-hydrogen) atoms. The summed E-state index contributed by atoms with van der Waals surface area (Å²) >= 11 is 13.5. The van der Waals surface area contributed by atoms with Crippen LogP contribution < -0.4 is 15.4 Å². The highest BCUT2D eigenvalue weighted by atomic mass is 35.5. The van der Waals surface area contributed by atoms with Gasteiger partial charge in [-0.15, -0.1) is 11.3 Å². The number of hydrogen-bond acceptors (Lipinski definition) is 5. The highest BCUT2D eigenvalue weighted by Gasteiger charge is 2.17. The minimum absolute atomic E-state index is 0.0302. The van der Waals surface area contributed by atoms with Crippen molar-refractivity contribution in [2.24, 2.45) is 0 Å². The van der Waals surface area contributed by atoms with E-state index in [1.807, 2.05) is 23.6 Å². The van der Waals surface area contributed by atoms with Gasteiger partial charge in [0.25, 0.3) is 5.91 Å². The topological polar surface area (TPSA) is 80.3 Å². The quantitative estimate of drug-likeness (QED) is 0.571. The Kier molecular flexibility index (Phi) is 5.45. The van der Waals surface area contributed by atoms with E-state index in [1.54, 1.807) is 0 Å². The van der Waals surface area contributed by atoms with Crippen molar-refractivity contribution in [3.63, 3.8) is 0 Å². The zero-order valence-corrected chi connectivity index (χ0v) is 17.5. The van der Waals surface area contributed by atoms with E-state index in [1.165, 1.54) is 30.6 Å². The van der Waals surface area contributed by atoms with E-state index in [9.17, 15) is 9.59 Å². The molecule has 0 saturated carbocycles. The SMILES string of the molecule is COc1c(Cl)cc(C(=O)Nc2nc(-c3ccc4c(c3)CCC(=O)N4)cs2)cc1Cl. The van der Waals surface area contributed by atoms with E-state index in [0.717, 1.165) is 22.5 Å². The summed E-state index contributed by atoms with van der Waals surface area (Å²) < 4.78 is 5.10. The number of fused-ring (bicyclic) bond motifs is 1. The number of nitrogens with one attached hydrogen (secondary N) is 2. The molecule has 3 aromatic rings. The molecule has 1 aliphatic heterocycles. The van der Waals surface area contributed by atoms with Crippen LogP contribution in [0.4, 0.5) is 10.8 Å². The van der Waals surface area contributed by atoms with Gasteiger partial charge in [0.2, 0.25) is 5.91 Å². The van der Waals surface area contributed by atoms with Crippen LogP contribution in [0.25, 0.3) is 11.3 Å². The number of rotatable bonds is 4. The number of methoxy groups -OCH3 is 1. The lowest BCUT2D eigenvalue weighted by Gasteiger charge is -2.17. The average Bonchev–Trinajstić information content (AvgIpc) is 3.15. The summed E-state index contributed by atoms with van der Waals surface area (Å²) in [5.41, 5.74) is 3.88. The Balaban J connectivity index is 1.53. The summed E-state index contributed by atoms with van der Waals surface area (Å²) in [6.45, 7) is 0. The fourth-order valence-electron chi connectivity index (χ4n) is 3.06. The molecule has 0 saturated heterocycles. The van der Waals surface area contributed by atoms with Gasteiger partial charge >= 0.3 is 0 Å². The van der Waals surface area contributed by atoms with Gasteiger partial charge in [-0.3, -0.25) is 14.9 Å². The number of thiazole rings is 1. The summed E-state index contributed by atoms with van der Waals surface area (Å²) in [6.07, 6.45) is 1.17. The lowest BCUT2D eigenvalue weighted by molar-refractivity contribution is -0.116. The zero-order chi connectivity index (χ0) is 20.5. The van der Waals surface area contributed by atoms with Gasteiger partial charge in [-0.25, -0.2) is 4.98 Å². The third kappa shape index (κ3) is 4.07. The van der Waals surface area contributed by atoms with Gasteiger partial charge in [0, 0.05) is 28.6 Å². The van der Waals surface area contributed by atoms with E-state index < -0.39 is 0 Å². The molecule has 2 amide bonds. The predicted octanol–water partition coefficient (Wildman–Crippen LogP) is 5.26. The van der Waals surface area contributed by atoms with Crippen molar-refractivity contribution in [1.29, 1.82) is 0 Å². The Morgan fingerprint density at radius 3 is 2.69 bits per heavy atom. The zero-order valence-electron chi connectivity index (χ0n) is 15.2. The van der Waals surface area contributed by atoms with Crippen molar-refractivity contribution in [2.45, 2.75) is 12.8 Å². The molecule has 2 N–H and O–H groups in total. The predicted molar refractivity (Wildman–Crippen MR) is 115 cm³/mol. The maximum atomic E-state index is 12.5. The van der Waals surface area contributed by atoms with Crippen molar-refractivity contribution < 1.29 is 14.3 Å². The number of aromatic nitrogens is 1.